The Bertz CT molecular complexity index is 459. The monoisotopic (exact) mass is 222 g/mol. The molecule has 0 radical (unpaired) electrons. The summed E-state index contributed by atoms with van der Waals surface area (Å²) in [4.78, 5) is 18.0. The molecule has 0 bridgehead atoms. The predicted octanol–water partition coefficient (Wildman–Crippen LogP) is 2.10. The van der Waals surface area contributed by atoms with Crippen LogP contribution in [0.5, 0.6) is 0 Å². The van der Waals surface area contributed by atoms with E-state index in [2.05, 4.69) is 4.98 Å². The second kappa shape index (κ2) is 3.86. The maximum atomic E-state index is 11.8. The van der Waals surface area contributed by atoms with E-state index in [0.717, 1.165) is 0 Å². The van der Waals surface area contributed by atoms with Gasteiger partial charge >= 0.3 is 0 Å². The molecule has 0 unspecified atom stereocenters. The van der Waals surface area contributed by atoms with Crippen molar-refractivity contribution in [2.45, 2.75) is 0 Å². The Kier molecular flexibility index (Phi) is 2.55. The molecule has 1 amide bonds. The molecule has 2 aromatic heterocycles. The summed E-state index contributed by atoms with van der Waals surface area (Å²) in [5.41, 5.74) is 2.26. The average Bonchev–Trinajstić information content (AvgIpc) is 2.86. The first kappa shape index (κ1) is 9.92. The van der Waals surface area contributed by atoms with Gasteiger partial charge in [0.2, 0.25) is 0 Å². The Balaban J connectivity index is 2.43. The summed E-state index contributed by atoms with van der Waals surface area (Å²) in [6.07, 6.45) is 1.57. The molecule has 0 atom stereocenters. The average molecular weight is 222 g/mol. The predicted molar refractivity (Wildman–Crippen MR) is 57.8 cm³/mol. The van der Waals surface area contributed by atoms with Crippen LogP contribution in [0.4, 0.5) is 0 Å². The highest BCUT2D eigenvalue weighted by atomic mass is 32.1. The molecule has 0 aliphatic carbocycles. The van der Waals surface area contributed by atoms with E-state index >= 15 is 0 Å². The van der Waals surface area contributed by atoms with Crippen LogP contribution in [0.2, 0.25) is 0 Å². The van der Waals surface area contributed by atoms with Crippen molar-refractivity contribution in [1.29, 1.82) is 0 Å². The highest BCUT2D eigenvalue weighted by Crippen LogP contribution is 2.26. The van der Waals surface area contributed by atoms with E-state index in [4.69, 9.17) is 4.42 Å². The highest BCUT2D eigenvalue weighted by Gasteiger charge is 2.18. The minimum Gasteiger partial charge on any atom is -0.463 e. The Morgan fingerprint density at radius 2 is 2.33 bits per heavy atom. The van der Waals surface area contributed by atoms with Crippen LogP contribution in [0, 0.1) is 0 Å². The largest absolute Gasteiger partial charge is 0.463 e. The van der Waals surface area contributed by atoms with Gasteiger partial charge < -0.3 is 9.32 Å². The van der Waals surface area contributed by atoms with Crippen molar-refractivity contribution in [1.82, 2.24) is 9.88 Å². The van der Waals surface area contributed by atoms with Crippen molar-refractivity contribution in [3.63, 3.8) is 0 Å². The molecule has 78 valence electrons. The van der Waals surface area contributed by atoms with Gasteiger partial charge in [-0.15, -0.1) is 11.3 Å². The molecule has 2 rings (SSSR count). The van der Waals surface area contributed by atoms with Gasteiger partial charge in [-0.2, -0.15) is 0 Å². The normalized spacial score (nSPS) is 10.3. The Labute approximate surface area is 91.2 Å². The van der Waals surface area contributed by atoms with Gasteiger partial charge in [0.05, 0.1) is 11.8 Å². The van der Waals surface area contributed by atoms with Gasteiger partial charge in [-0.3, -0.25) is 4.79 Å². The number of hydrogen-bond acceptors (Lipinski definition) is 4. The number of hydrogen-bond donors (Lipinski definition) is 0. The van der Waals surface area contributed by atoms with E-state index in [0.29, 0.717) is 16.3 Å². The molecule has 0 N–H and O–H groups in total. The quantitative estimate of drug-likeness (QED) is 0.781. The Morgan fingerprint density at radius 1 is 1.53 bits per heavy atom. The molecular weight excluding hydrogens is 212 g/mol. The molecule has 4 nitrogen and oxygen atoms in total. The van der Waals surface area contributed by atoms with Crippen LogP contribution in [0.25, 0.3) is 11.5 Å². The topological polar surface area (TPSA) is 46.3 Å². The maximum Gasteiger partial charge on any atom is 0.265 e. The van der Waals surface area contributed by atoms with Gasteiger partial charge in [0, 0.05) is 14.1 Å². The van der Waals surface area contributed by atoms with Gasteiger partial charge in [0.15, 0.2) is 5.76 Å². The van der Waals surface area contributed by atoms with E-state index in [1.54, 1.807) is 38.0 Å². The summed E-state index contributed by atoms with van der Waals surface area (Å²) in [5, 5.41) is 0. The minimum absolute atomic E-state index is 0.0519. The van der Waals surface area contributed by atoms with E-state index in [-0.39, 0.29) is 5.91 Å². The van der Waals surface area contributed by atoms with Crippen molar-refractivity contribution in [2.24, 2.45) is 0 Å². The first-order valence-electron chi connectivity index (χ1n) is 4.39. The van der Waals surface area contributed by atoms with Gasteiger partial charge in [-0.05, 0) is 12.1 Å². The number of thiazole rings is 1. The van der Waals surface area contributed by atoms with Gasteiger partial charge in [0.1, 0.15) is 10.6 Å². The molecule has 0 saturated carbocycles. The SMILES string of the molecule is CN(C)C(=O)c1scnc1-c1ccco1. The van der Waals surface area contributed by atoms with E-state index in [1.807, 2.05) is 0 Å². The summed E-state index contributed by atoms with van der Waals surface area (Å²) in [6.45, 7) is 0. The molecule has 0 aliphatic heterocycles. The number of furan rings is 1. The number of carbonyl (C=O) groups is 1. The standard InChI is InChI=1S/C10H10N2O2S/c1-12(2)10(13)9-8(11-6-15-9)7-4-3-5-14-7/h3-6H,1-2H3. The molecule has 0 aliphatic rings. The lowest BCUT2D eigenvalue weighted by Crippen LogP contribution is -2.21. The van der Waals surface area contributed by atoms with E-state index in [9.17, 15) is 4.79 Å². The van der Waals surface area contributed by atoms with Gasteiger partial charge in [-0.25, -0.2) is 4.98 Å². The fraction of sp³-hybridized carbons (Fsp3) is 0.200. The van der Waals surface area contributed by atoms with Crippen molar-refractivity contribution in [3.05, 3.63) is 28.8 Å². The summed E-state index contributed by atoms with van der Waals surface area (Å²) in [5.74, 6) is 0.574. The van der Waals surface area contributed by atoms with Crippen LogP contribution in [0.15, 0.2) is 28.3 Å². The van der Waals surface area contributed by atoms with Crippen LogP contribution in [-0.4, -0.2) is 29.9 Å². The van der Waals surface area contributed by atoms with Crippen molar-refractivity contribution in [3.8, 4) is 11.5 Å². The number of amides is 1. The van der Waals surface area contributed by atoms with Crippen LogP contribution in [0.3, 0.4) is 0 Å². The first-order valence-corrected chi connectivity index (χ1v) is 5.27. The van der Waals surface area contributed by atoms with Crippen LogP contribution >= 0.6 is 11.3 Å². The van der Waals surface area contributed by atoms with Crippen LogP contribution < -0.4 is 0 Å². The lowest BCUT2D eigenvalue weighted by molar-refractivity contribution is 0.0832. The third-order valence-electron chi connectivity index (χ3n) is 1.92. The van der Waals surface area contributed by atoms with Gasteiger partial charge in [-0.1, -0.05) is 0 Å². The highest BCUT2D eigenvalue weighted by molar-refractivity contribution is 7.12. The first-order chi connectivity index (χ1) is 7.20. The molecular formula is C10H10N2O2S. The lowest BCUT2D eigenvalue weighted by atomic mass is 10.3. The Hall–Kier alpha value is -1.62. The molecule has 2 heterocycles. The smallest absolute Gasteiger partial charge is 0.265 e. The second-order valence-electron chi connectivity index (χ2n) is 3.21. The fourth-order valence-electron chi connectivity index (χ4n) is 1.19. The summed E-state index contributed by atoms with van der Waals surface area (Å²) < 4.78 is 5.22. The van der Waals surface area contributed by atoms with Crippen LogP contribution in [-0.2, 0) is 0 Å². The number of rotatable bonds is 2. The molecule has 2 aromatic rings. The molecule has 0 spiro atoms. The zero-order chi connectivity index (χ0) is 10.8. The summed E-state index contributed by atoms with van der Waals surface area (Å²) >= 11 is 1.32. The van der Waals surface area contributed by atoms with E-state index < -0.39 is 0 Å². The Morgan fingerprint density at radius 3 is 2.93 bits per heavy atom. The zero-order valence-corrected chi connectivity index (χ0v) is 9.25. The van der Waals surface area contributed by atoms with Crippen molar-refractivity contribution >= 4 is 17.2 Å². The van der Waals surface area contributed by atoms with Crippen molar-refractivity contribution in [2.75, 3.05) is 14.1 Å². The molecule has 0 fully saturated rings. The number of aromatic nitrogens is 1. The molecule has 0 saturated heterocycles. The number of nitrogens with zero attached hydrogens (tertiary/aromatic N) is 2. The zero-order valence-electron chi connectivity index (χ0n) is 8.43. The third-order valence-corrected chi connectivity index (χ3v) is 2.74. The number of carbonyl (C=O) groups excluding carboxylic acids is 1. The summed E-state index contributed by atoms with van der Waals surface area (Å²) in [7, 11) is 3.43. The third kappa shape index (κ3) is 1.78. The fourth-order valence-corrected chi connectivity index (χ4v) is 2.00. The maximum absolute atomic E-state index is 11.8. The van der Waals surface area contributed by atoms with Gasteiger partial charge in [0.25, 0.3) is 5.91 Å². The molecule has 0 aromatic carbocycles. The second-order valence-corrected chi connectivity index (χ2v) is 4.06. The minimum atomic E-state index is -0.0519. The van der Waals surface area contributed by atoms with Crippen molar-refractivity contribution < 1.29 is 9.21 Å². The van der Waals surface area contributed by atoms with Crippen LogP contribution in [0.1, 0.15) is 9.67 Å². The van der Waals surface area contributed by atoms with E-state index in [1.165, 1.54) is 16.2 Å². The summed E-state index contributed by atoms with van der Waals surface area (Å²) in [6, 6.07) is 3.57. The lowest BCUT2D eigenvalue weighted by Gasteiger charge is -2.08. The molecule has 15 heavy (non-hydrogen) atoms. The molecule has 5 heteroatoms.